The number of hydrogen-bond acceptors (Lipinski definition) is 7. The summed E-state index contributed by atoms with van der Waals surface area (Å²) in [4.78, 5) is 19.1. The summed E-state index contributed by atoms with van der Waals surface area (Å²) in [6.07, 6.45) is 1.84. The number of halogens is 1. The Morgan fingerprint density at radius 3 is 3.06 bits per heavy atom. The van der Waals surface area contributed by atoms with Crippen molar-refractivity contribution in [3.63, 3.8) is 0 Å². The molecule has 0 unspecified atom stereocenters. The van der Waals surface area contributed by atoms with Crippen molar-refractivity contribution in [1.29, 1.82) is 0 Å². The molecule has 0 spiro atoms. The zero-order valence-electron chi connectivity index (χ0n) is 9.36. The second-order valence-electron chi connectivity index (χ2n) is 3.02. The van der Waals surface area contributed by atoms with E-state index < -0.39 is 0 Å². The van der Waals surface area contributed by atoms with E-state index in [9.17, 15) is 4.79 Å². The fourth-order valence-electron chi connectivity index (χ4n) is 1.08. The van der Waals surface area contributed by atoms with Gasteiger partial charge < -0.3 is 10.1 Å². The van der Waals surface area contributed by atoms with Crippen LogP contribution < -0.4 is 16.6 Å². The normalized spacial score (nSPS) is 9.82. The van der Waals surface area contributed by atoms with Crippen LogP contribution in [0.15, 0.2) is 10.7 Å². The van der Waals surface area contributed by atoms with Gasteiger partial charge in [-0.25, -0.2) is 10.8 Å². The lowest BCUT2D eigenvalue weighted by Crippen LogP contribution is -2.14. The predicted octanol–water partition coefficient (Wildman–Crippen LogP) is 0.890. The van der Waals surface area contributed by atoms with Crippen LogP contribution in [0.25, 0.3) is 0 Å². The molecule has 0 saturated heterocycles. The number of hydrogen-bond donors (Lipinski definition) is 3. The maximum absolute atomic E-state index is 11.1. The van der Waals surface area contributed by atoms with Crippen LogP contribution in [0, 0.1) is 0 Å². The van der Waals surface area contributed by atoms with Crippen molar-refractivity contribution in [1.82, 2.24) is 9.97 Å². The molecule has 0 aliphatic carbocycles. The third-order valence-corrected chi connectivity index (χ3v) is 2.38. The van der Waals surface area contributed by atoms with Crippen molar-refractivity contribution in [3.05, 3.63) is 10.7 Å². The molecule has 0 saturated carbocycles. The first kappa shape index (κ1) is 13.7. The second-order valence-corrected chi connectivity index (χ2v) is 3.87. The smallest absolute Gasteiger partial charge is 0.307 e. The lowest BCUT2D eigenvalue weighted by molar-refractivity contribution is -0.142. The molecule has 0 aliphatic rings. The van der Waals surface area contributed by atoms with Gasteiger partial charge in [0.05, 0.1) is 17.5 Å². The Kier molecular flexibility index (Phi) is 5.64. The summed E-state index contributed by atoms with van der Waals surface area (Å²) in [6, 6.07) is 0. The number of nitrogen functional groups attached to an aromatic ring is 1. The third-order valence-electron chi connectivity index (χ3n) is 1.80. The van der Waals surface area contributed by atoms with E-state index in [2.05, 4.69) is 36.6 Å². The number of nitrogens with one attached hydrogen (secondary N) is 2. The van der Waals surface area contributed by atoms with E-state index in [1.54, 1.807) is 13.1 Å². The summed E-state index contributed by atoms with van der Waals surface area (Å²) in [5.41, 5.74) is 2.34. The SMILES string of the molecule is CCOC(=O)CCNc1nc(NN)ncc1Br. The largest absolute Gasteiger partial charge is 0.466 e. The van der Waals surface area contributed by atoms with Gasteiger partial charge >= 0.3 is 5.97 Å². The van der Waals surface area contributed by atoms with Gasteiger partial charge in [0, 0.05) is 12.7 Å². The highest BCUT2D eigenvalue weighted by Gasteiger charge is 2.05. The number of carbonyl (C=O) groups is 1. The van der Waals surface area contributed by atoms with Crippen molar-refractivity contribution in [2.24, 2.45) is 5.84 Å². The third kappa shape index (κ3) is 4.53. The van der Waals surface area contributed by atoms with Crippen molar-refractivity contribution < 1.29 is 9.53 Å². The molecule has 0 fully saturated rings. The quantitative estimate of drug-likeness (QED) is 0.407. The molecule has 0 amide bonds. The number of esters is 1. The zero-order valence-corrected chi connectivity index (χ0v) is 11.0. The number of anilines is 2. The van der Waals surface area contributed by atoms with Gasteiger partial charge in [-0.2, -0.15) is 4.98 Å². The summed E-state index contributed by atoms with van der Waals surface area (Å²) in [5.74, 6) is 5.81. The molecule has 1 aromatic rings. The molecule has 7 nitrogen and oxygen atoms in total. The molecule has 0 aliphatic heterocycles. The van der Waals surface area contributed by atoms with Gasteiger partial charge in [-0.1, -0.05) is 0 Å². The van der Waals surface area contributed by atoms with Crippen LogP contribution in [0.2, 0.25) is 0 Å². The molecule has 8 heteroatoms. The van der Waals surface area contributed by atoms with Crippen LogP contribution >= 0.6 is 15.9 Å². The van der Waals surface area contributed by atoms with Crippen LogP contribution in [0.4, 0.5) is 11.8 Å². The molecule has 0 radical (unpaired) electrons. The molecule has 94 valence electrons. The summed E-state index contributed by atoms with van der Waals surface area (Å²) >= 11 is 3.29. The van der Waals surface area contributed by atoms with Gasteiger partial charge in [0.25, 0.3) is 0 Å². The van der Waals surface area contributed by atoms with Gasteiger partial charge in [0.1, 0.15) is 5.82 Å². The summed E-state index contributed by atoms with van der Waals surface area (Å²) in [7, 11) is 0. The van der Waals surface area contributed by atoms with E-state index in [4.69, 9.17) is 10.6 Å². The van der Waals surface area contributed by atoms with Gasteiger partial charge in [-0.3, -0.25) is 10.2 Å². The summed E-state index contributed by atoms with van der Waals surface area (Å²) in [5, 5.41) is 2.98. The molecule has 1 rings (SSSR count). The topological polar surface area (TPSA) is 102 Å². The highest BCUT2D eigenvalue weighted by atomic mass is 79.9. The molecule has 1 aromatic heterocycles. The molecule has 0 aromatic carbocycles. The number of nitrogens with zero attached hydrogens (tertiary/aromatic N) is 2. The Morgan fingerprint density at radius 2 is 2.41 bits per heavy atom. The second kappa shape index (κ2) is 7.02. The van der Waals surface area contributed by atoms with Gasteiger partial charge in [-0.15, -0.1) is 0 Å². The first-order valence-electron chi connectivity index (χ1n) is 5.06. The Hall–Kier alpha value is -1.41. The van der Waals surface area contributed by atoms with Crippen molar-refractivity contribution in [2.75, 3.05) is 23.9 Å². The molecule has 1 heterocycles. The minimum atomic E-state index is -0.248. The number of hydrazine groups is 1. The fraction of sp³-hybridized carbons (Fsp3) is 0.444. The average Bonchev–Trinajstić information content (AvgIpc) is 2.32. The Bertz CT molecular complexity index is 388. The Morgan fingerprint density at radius 1 is 1.65 bits per heavy atom. The molecule has 0 atom stereocenters. The molecule has 0 bridgehead atoms. The molecule has 17 heavy (non-hydrogen) atoms. The van der Waals surface area contributed by atoms with Crippen molar-refractivity contribution in [2.45, 2.75) is 13.3 Å². The molecule has 4 N–H and O–H groups in total. The lowest BCUT2D eigenvalue weighted by atomic mass is 10.4. The molecular formula is C9H14BrN5O2. The first-order valence-corrected chi connectivity index (χ1v) is 5.85. The van der Waals surface area contributed by atoms with Gasteiger partial charge in [-0.05, 0) is 22.9 Å². The van der Waals surface area contributed by atoms with E-state index in [0.717, 1.165) is 0 Å². The average molecular weight is 304 g/mol. The van der Waals surface area contributed by atoms with E-state index in [1.807, 2.05) is 0 Å². The highest BCUT2D eigenvalue weighted by Crippen LogP contribution is 2.19. The fourth-order valence-corrected chi connectivity index (χ4v) is 1.41. The van der Waals surface area contributed by atoms with E-state index in [-0.39, 0.29) is 12.4 Å². The Balaban J connectivity index is 2.48. The van der Waals surface area contributed by atoms with Crippen molar-refractivity contribution >= 4 is 33.7 Å². The number of nitrogens with two attached hydrogens (primary N) is 1. The van der Waals surface area contributed by atoms with Crippen LogP contribution in [-0.2, 0) is 9.53 Å². The highest BCUT2D eigenvalue weighted by molar-refractivity contribution is 9.10. The lowest BCUT2D eigenvalue weighted by Gasteiger charge is -2.08. The van der Waals surface area contributed by atoms with Gasteiger partial charge in [0.2, 0.25) is 5.95 Å². The summed E-state index contributed by atoms with van der Waals surface area (Å²) < 4.78 is 5.49. The Labute approximate surface area is 107 Å². The standard InChI is InChI=1S/C9H14BrN5O2/c1-2-17-7(16)3-4-12-8-6(10)5-13-9(14-8)15-11/h5H,2-4,11H2,1H3,(H2,12,13,14,15). The monoisotopic (exact) mass is 303 g/mol. The molecular weight excluding hydrogens is 290 g/mol. The van der Waals surface area contributed by atoms with Crippen LogP contribution in [0.1, 0.15) is 13.3 Å². The number of aromatic nitrogens is 2. The number of carbonyl (C=O) groups excluding carboxylic acids is 1. The van der Waals surface area contributed by atoms with Crippen molar-refractivity contribution in [3.8, 4) is 0 Å². The van der Waals surface area contributed by atoms with Crippen LogP contribution in [-0.4, -0.2) is 29.1 Å². The predicted molar refractivity (Wildman–Crippen MR) is 67.3 cm³/mol. The van der Waals surface area contributed by atoms with Gasteiger partial charge in [0.15, 0.2) is 0 Å². The minimum Gasteiger partial charge on any atom is -0.466 e. The van der Waals surface area contributed by atoms with E-state index in [1.165, 1.54) is 0 Å². The number of rotatable bonds is 6. The first-order chi connectivity index (χ1) is 8.17. The van der Waals surface area contributed by atoms with E-state index in [0.29, 0.717) is 29.4 Å². The number of ether oxygens (including phenoxy) is 1. The van der Waals surface area contributed by atoms with Crippen LogP contribution in [0.3, 0.4) is 0 Å². The minimum absolute atomic E-state index is 0.248. The summed E-state index contributed by atoms with van der Waals surface area (Å²) in [6.45, 7) is 2.58. The maximum atomic E-state index is 11.1. The van der Waals surface area contributed by atoms with Crippen LogP contribution in [0.5, 0.6) is 0 Å². The zero-order chi connectivity index (χ0) is 12.7. The van der Waals surface area contributed by atoms with E-state index >= 15 is 0 Å². The maximum Gasteiger partial charge on any atom is 0.307 e.